The van der Waals surface area contributed by atoms with Gasteiger partial charge in [0.2, 0.25) is 5.43 Å². The van der Waals surface area contributed by atoms with Gasteiger partial charge in [-0.2, -0.15) is 0 Å². The second kappa shape index (κ2) is 7.27. The summed E-state index contributed by atoms with van der Waals surface area (Å²) < 4.78 is 10.9. The minimum atomic E-state index is -0.538. The highest BCUT2D eigenvalue weighted by atomic mass is 16.5. The van der Waals surface area contributed by atoms with E-state index in [-0.39, 0.29) is 12.0 Å². The number of aromatic nitrogens is 1. The Hall–Kier alpha value is -2.99. The lowest BCUT2D eigenvalue weighted by Gasteiger charge is -2.11. The van der Waals surface area contributed by atoms with E-state index in [4.69, 9.17) is 14.9 Å². The average molecular weight is 338 g/mol. The molecule has 0 saturated carbocycles. The first-order chi connectivity index (χ1) is 12.1. The van der Waals surface area contributed by atoms with Gasteiger partial charge in [-0.05, 0) is 30.2 Å². The molecule has 3 rings (SSSR count). The first-order valence-corrected chi connectivity index (χ1v) is 8.04. The summed E-state index contributed by atoms with van der Waals surface area (Å²) in [6, 6.07) is 8.63. The van der Waals surface area contributed by atoms with Crippen LogP contribution in [0.4, 0.5) is 0 Å². The fourth-order valence-corrected chi connectivity index (χ4v) is 2.62. The zero-order valence-electron chi connectivity index (χ0n) is 13.8. The third-order valence-electron chi connectivity index (χ3n) is 3.81. The number of carbonyl (C=O) groups is 1. The second-order valence-corrected chi connectivity index (χ2v) is 5.58. The minimum Gasteiger partial charge on any atom is -0.463 e. The number of esters is 1. The molecular formula is C19H18N2O4. The van der Waals surface area contributed by atoms with E-state index < -0.39 is 5.97 Å². The quantitative estimate of drug-likeness (QED) is 0.567. The van der Waals surface area contributed by atoms with Gasteiger partial charge in [-0.1, -0.05) is 19.4 Å². The molecule has 0 amide bonds. The minimum absolute atomic E-state index is 0.172. The van der Waals surface area contributed by atoms with E-state index in [2.05, 4.69) is 4.98 Å². The molecule has 0 unspecified atom stereocenters. The molecule has 6 heteroatoms. The zero-order valence-corrected chi connectivity index (χ0v) is 13.8. The Morgan fingerprint density at radius 3 is 2.84 bits per heavy atom. The normalized spacial score (nSPS) is 10.8. The Labute approximate surface area is 144 Å². The van der Waals surface area contributed by atoms with E-state index in [1.54, 1.807) is 30.5 Å². The molecule has 2 N–H and O–H groups in total. The van der Waals surface area contributed by atoms with Gasteiger partial charge in [0.05, 0.1) is 23.2 Å². The number of nitrogens with two attached hydrogens (primary N) is 1. The third kappa shape index (κ3) is 3.44. The van der Waals surface area contributed by atoms with Crippen LogP contribution in [0, 0.1) is 0 Å². The summed E-state index contributed by atoms with van der Waals surface area (Å²) in [6.45, 7) is 1.79. The van der Waals surface area contributed by atoms with Gasteiger partial charge >= 0.3 is 5.97 Å². The van der Waals surface area contributed by atoms with Crippen molar-refractivity contribution in [2.24, 2.45) is 5.73 Å². The Morgan fingerprint density at radius 1 is 1.32 bits per heavy atom. The number of hydrogen-bond acceptors (Lipinski definition) is 6. The third-order valence-corrected chi connectivity index (χ3v) is 3.81. The highest BCUT2D eigenvalue weighted by Gasteiger charge is 2.15. The van der Waals surface area contributed by atoms with Crippen molar-refractivity contribution in [3.8, 4) is 17.0 Å². The number of carbonyl (C=O) groups excluding carboxylic acids is 1. The molecule has 128 valence electrons. The molecule has 2 heterocycles. The molecule has 25 heavy (non-hydrogen) atoms. The topological polar surface area (TPSA) is 95.4 Å². The van der Waals surface area contributed by atoms with Crippen LogP contribution in [-0.4, -0.2) is 17.5 Å². The van der Waals surface area contributed by atoms with Crippen LogP contribution in [-0.2, 0) is 11.2 Å². The summed E-state index contributed by atoms with van der Waals surface area (Å²) in [5, 5.41) is 0.430. The predicted octanol–water partition coefficient (Wildman–Crippen LogP) is 2.67. The smallest absolute Gasteiger partial charge is 0.325 e. The molecule has 0 radical (unpaired) electrons. The van der Waals surface area contributed by atoms with Gasteiger partial charge in [-0.3, -0.25) is 14.6 Å². The first kappa shape index (κ1) is 16.9. The lowest BCUT2D eigenvalue weighted by atomic mass is 10.0. The van der Waals surface area contributed by atoms with E-state index >= 15 is 0 Å². The highest BCUT2D eigenvalue weighted by Crippen LogP contribution is 2.27. The van der Waals surface area contributed by atoms with Gasteiger partial charge in [-0.15, -0.1) is 0 Å². The maximum atomic E-state index is 12.8. The molecule has 0 saturated heterocycles. The van der Waals surface area contributed by atoms with E-state index in [9.17, 15) is 9.59 Å². The van der Waals surface area contributed by atoms with Gasteiger partial charge in [-0.25, -0.2) is 0 Å². The van der Waals surface area contributed by atoms with E-state index in [0.29, 0.717) is 34.4 Å². The summed E-state index contributed by atoms with van der Waals surface area (Å²) in [4.78, 5) is 28.6. The van der Waals surface area contributed by atoms with Crippen LogP contribution in [0.1, 0.15) is 18.9 Å². The van der Waals surface area contributed by atoms with Gasteiger partial charge in [0.15, 0.2) is 0 Å². The Bertz CT molecular complexity index is 964. The molecule has 0 spiro atoms. The fourth-order valence-electron chi connectivity index (χ4n) is 2.62. The monoisotopic (exact) mass is 338 g/mol. The zero-order chi connectivity index (χ0) is 17.8. The molecule has 2 aromatic heterocycles. The van der Waals surface area contributed by atoms with Crippen molar-refractivity contribution in [2.45, 2.75) is 19.8 Å². The number of hydrogen-bond donors (Lipinski definition) is 1. The summed E-state index contributed by atoms with van der Waals surface area (Å²) in [5.41, 5.74) is 7.20. The SMILES string of the molecule is CCCc1cc2c(=O)c(-c3ccccn3)coc2cc1OC(=O)CN. The lowest BCUT2D eigenvalue weighted by Crippen LogP contribution is -2.20. The van der Waals surface area contributed by atoms with Gasteiger partial charge in [0.1, 0.15) is 17.6 Å². The number of ether oxygens (including phenoxy) is 1. The van der Waals surface area contributed by atoms with Crippen molar-refractivity contribution in [2.75, 3.05) is 6.54 Å². The largest absolute Gasteiger partial charge is 0.463 e. The summed E-state index contributed by atoms with van der Waals surface area (Å²) in [7, 11) is 0. The van der Waals surface area contributed by atoms with E-state index in [1.165, 1.54) is 6.26 Å². The van der Waals surface area contributed by atoms with Crippen molar-refractivity contribution in [1.82, 2.24) is 4.98 Å². The lowest BCUT2D eigenvalue weighted by molar-refractivity contribution is -0.132. The number of aryl methyl sites for hydroxylation is 1. The maximum absolute atomic E-state index is 12.8. The highest BCUT2D eigenvalue weighted by molar-refractivity contribution is 5.84. The standard InChI is InChI=1S/C19H18N2O4/c1-2-5-12-8-13-17(9-16(12)25-18(22)10-20)24-11-14(19(13)23)15-6-3-4-7-21-15/h3-4,6-9,11H,2,5,10,20H2,1H3. The maximum Gasteiger partial charge on any atom is 0.325 e. The molecule has 6 nitrogen and oxygen atoms in total. The Kier molecular flexibility index (Phi) is 4.90. The molecular weight excluding hydrogens is 320 g/mol. The van der Waals surface area contributed by atoms with Crippen molar-refractivity contribution >= 4 is 16.9 Å². The molecule has 0 aliphatic heterocycles. The van der Waals surface area contributed by atoms with Crippen LogP contribution in [0.15, 0.2) is 52.0 Å². The Morgan fingerprint density at radius 2 is 2.16 bits per heavy atom. The van der Waals surface area contributed by atoms with E-state index in [0.717, 1.165) is 12.0 Å². The molecule has 0 atom stereocenters. The molecule has 0 aliphatic carbocycles. The average Bonchev–Trinajstić information content (AvgIpc) is 2.64. The summed E-state index contributed by atoms with van der Waals surface area (Å²) >= 11 is 0. The molecule has 0 fully saturated rings. The van der Waals surface area contributed by atoms with Crippen molar-refractivity contribution in [3.63, 3.8) is 0 Å². The predicted molar refractivity (Wildman–Crippen MR) is 94.4 cm³/mol. The molecule has 0 aliphatic rings. The van der Waals surface area contributed by atoms with Crippen LogP contribution in [0.3, 0.4) is 0 Å². The van der Waals surface area contributed by atoms with Gasteiger partial charge in [0.25, 0.3) is 0 Å². The molecule has 0 bridgehead atoms. The molecule has 3 aromatic rings. The van der Waals surface area contributed by atoms with E-state index in [1.807, 2.05) is 13.0 Å². The van der Waals surface area contributed by atoms with Gasteiger partial charge in [0, 0.05) is 12.3 Å². The van der Waals surface area contributed by atoms with Crippen LogP contribution < -0.4 is 15.9 Å². The van der Waals surface area contributed by atoms with Crippen molar-refractivity contribution < 1.29 is 13.9 Å². The second-order valence-electron chi connectivity index (χ2n) is 5.58. The summed E-state index contributed by atoms with van der Waals surface area (Å²) in [5.74, 6) is -0.164. The van der Waals surface area contributed by atoms with Crippen molar-refractivity contribution in [3.05, 3.63) is 58.6 Å². The number of fused-ring (bicyclic) bond motifs is 1. The fraction of sp³-hybridized carbons (Fsp3) is 0.211. The first-order valence-electron chi connectivity index (χ1n) is 8.04. The van der Waals surface area contributed by atoms with Gasteiger partial charge < -0.3 is 14.9 Å². The Balaban J connectivity index is 2.17. The number of rotatable bonds is 5. The number of pyridine rings is 1. The van der Waals surface area contributed by atoms with Crippen LogP contribution in [0.2, 0.25) is 0 Å². The van der Waals surface area contributed by atoms with Crippen LogP contribution in [0.25, 0.3) is 22.2 Å². The van der Waals surface area contributed by atoms with Crippen molar-refractivity contribution in [1.29, 1.82) is 0 Å². The van der Waals surface area contributed by atoms with Crippen LogP contribution in [0.5, 0.6) is 5.75 Å². The van der Waals surface area contributed by atoms with Crippen LogP contribution >= 0.6 is 0 Å². The summed E-state index contributed by atoms with van der Waals surface area (Å²) in [6.07, 6.45) is 4.50. The number of benzene rings is 1. The molecule has 1 aromatic carbocycles. The number of nitrogens with zero attached hydrogens (tertiary/aromatic N) is 1.